The van der Waals surface area contributed by atoms with Crippen LogP contribution in [-0.2, 0) is 13.0 Å². The summed E-state index contributed by atoms with van der Waals surface area (Å²) in [5.74, 6) is -0.145. The van der Waals surface area contributed by atoms with Gasteiger partial charge in [-0.05, 0) is 36.6 Å². The molecule has 2 aromatic carbocycles. The summed E-state index contributed by atoms with van der Waals surface area (Å²) in [6.45, 7) is 4.92. The van der Waals surface area contributed by atoms with Gasteiger partial charge in [0.2, 0.25) is 0 Å². The zero-order valence-electron chi connectivity index (χ0n) is 17.1. The van der Waals surface area contributed by atoms with Crippen molar-refractivity contribution in [2.75, 3.05) is 11.4 Å². The van der Waals surface area contributed by atoms with E-state index in [-0.39, 0.29) is 11.5 Å². The number of rotatable bonds is 4. The van der Waals surface area contributed by atoms with Crippen LogP contribution in [0.4, 0.5) is 5.69 Å². The Morgan fingerprint density at radius 1 is 1.06 bits per heavy atom. The molecule has 3 aliphatic heterocycles. The fourth-order valence-corrected chi connectivity index (χ4v) is 4.21. The summed E-state index contributed by atoms with van der Waals surface area (Å²) in [5, 5.41) is 4.57. The first-order valence-corrected chi connectivity index (χ1v) is 10.4. The van der Waals surface area contributed by atoms with Gasteiger partial charge in [-0.1, -0.05) is 42.5 Å². The lowest BCUT2D eigenvalue weighted by atomic mass is 10.00. The molecule has 0 aromatic heterocycles. The van der Waals surface area contributed by atoms with Crippen LogP contribution in [0.5, 0.6) is 0 Å². The molecule has 0 bridgehead atoms. The lowest BCUT2D eigenvalue weighted by Crippen LogP contribution is -2.36. The fourth-order valence-electron chi connectivity index (χ4n) is 4.21. The molecule has 0 saturated carbocycles. The van der Waals surface area contributed by atoms with E-state index in [1.165, 1.54) is 4.68 Å². The molecular formula is C25H22N4O2. The normalized spacial score (nSPS) is 13.2. The van der Waals surface area contributed by atoms with Gasteiger partial charge in [0.05, 0.1) is 16.8 Å². The third-order valence-corrected chi connectivity index (χ3v) is 5.65. The quantitative estimate of drug-likeness (QED) is 0.479. The number of nitrogens with zero attached hydrogens (tertiary/aromatic N) is 4. The van der Waals surface area contributed by atoms with Crippen molar-refractivity contribution in [1.82, 2.24) is 14.3 Å². The van der Waals surface area contributed by atoms with Crippen molar-refractivity contribution in [2.24, 2.45) is 0 Å². The van der Waals surface area contributed by atoms with E-state index in [0.717, 1.165) is 24.1 Å². The number of amides is 1. The van der Waals surface area contributed by atoms with Crippen LogP contribution < -0.4 is 10.5 Å². The predicted octanol–water partition coefficient (Wildman–Crippen LogP) is 3.92. The van der Waals surface area contributed by atoms with Gasteiger partial charge in [-0.3, -0.25) is 9.59 Å². The van der Waals surface area contributed by atoms with E-state index in [1.807, 2.05) is 53.1 Å². The molecule has 1 amide bonds. The number of anilines is 1. The van der Waals surface area contributed by atoms with Crippen LogP contribution in [-0.4, -0.2) is 26.8 Å². The van der Waals surface area contributed by atoms with E-state index in [2.05, 4.69) is 17.7 Å². The highest BCUT2D eigenvalue weighted by Crippen LogP contribution is 2.30. The van der Waals surface area contributed by atoms with Crippen LogP contribution in [0.2, 0.25) is 0 Å². The minimum absolute atomic E-state index is 0.145. The summed E-state index contributed by atoms with van der Waals surface area (Å²) in [6, 6.07) is 17.2. The summed E-state index contributed by atoms with van der Waals surface area (Å²) in [6.07, 6.45) is 7.10. The molecule has 6 heteroatoms. The van der Waals surface area contributed by atoms with Gasteiger partial charge >= 0.3 is 0 Å². The summed E-state index contributed by atoms with van der Waals surface area (Å²) in [5.41, 5.74) is 3.77. The standard InChI is InChI=1S/C25H22N4O2/c1-2-14-27-16-20(24(30)28-15-8-10-18-9-6-7-13-22(18)28)23-21(17-27)25(31)29(26-23)19-11-4-3-5-12-19/h2-7,9,11-13,16-17H,1,8,10,14-15H2. The number of carbonyl (C=O) groups is 1. The van der Waals surface area contributed by atoms with Crippen LogP contribution in [0.1, 0.15) is 22.3 Å². The van der Waals surface area contributed by atoms with Gasteiger partial charge in [-0.15, -0.1) is 6.58 Å². The number of pyridine rings is 1. The molecule has 6 nitrogen and oxygen atoms in total. The third-order valence-electron chi connectivity index (χ3n) is 5.65. The van der Waals surface area contributed by atoms with Gasteiger partial charge < -0.3 is 9.47 Å². The first-order chi connectivity index (χ1) is 15.2. The van der Waals surface area contributed by atoms with Crippen molar-refractivity contribution in [1.29, 1.82) is 0 Å². The molecule has 0 spiro atoms. The first-order valence-electron chi connectivity index (χ1n) is 10.4. The maximum absolute atomic E-state index is 13.7. The van der Waals surface area contributed by atoms with Gasteiger partial charge in [0.25, 0.3) is 11.5 Å². The molecule has 31 heavy (non-hydrogen) atoms. The number of aromatic nitrogens is 3. The highest BCUT2D eigenvalue weighted by Gasteiger charge is 2.29. The number of benzene rings is 2. The first kappa shape index (κ1) is 19.1. The maximum Gasteiger partial charge on any atom is 0.282 e. The predicted molar refractivity (Wildman–Crippen MR) is 121 cm³/mol. The molecule has 5 rings (SSSR count). The lowest BCUT2D eigenvalue weighted by Gasteiger charge is -2.30. The number of hydrogen-bond acceptors (Lipinski definition) is 3. The monoisotopic (exact) mass is 410 g/mol. The second-order valence-corrected chi connectivity index (χ2v) is 7.66. The average molecular weight is 410 g/mol. The summed E-state index contributed by atoms with van der Waals surface area (Å²) in [4.78, 5) is 28.7. The molecule has 0 aliphatic carbocycles. The van der Waals surface area contributed by atoms with Crippen molar-refractivity contribution < 1.29 is 4.79 Å². The zero-order valence-corrected chi connectivity index (χ0v) is 17.1. The minimum Gasteiger partial charge on any atom is -0.349 e. The Labute approximate surface area is 180 Å². The van der Waals surface area contributed by atoms with Crippen LogP contribution in [0.25, 0.3) is 16.9 Å². The average Bonchev–Trinajstić information content (AvgIpc) is 3.15. The smallest absolute Gasteiger partial charge is 0.282 e. The number of allylic oxidation sites excluding steroid dienone is 1. The maximum atomic E-state index is 13.7. The molecule has 3 heterocycles. The van der Waals surface area contributed by atoms with Crippen molar-refractivity contribution in [3.8, 4) is 16.9 Å². The Kier molecular flexibility index (Phi) is 4.75. The van der Waals surface area contributed by atoms with E-state index < -0.39 is 0 Å². The van der Waals surface area contributed by atoms with Crippen LogP contribution in [0, 0.1) is 0 Å². The Bertz CT molecular complexity index is 1300. The van der Waals surface area contributed by atoms with Crippen LogP contribution in [0.3, 0.4) is 0 Å². The molecule has 0 unspecified atom stereocenters. The highest BCUT2D eigenvalue weighted by molar-refractivity contribution is 6.10. The van der Waals surface area contributed by atoms with Crippen molar-refractivity contribution in [2.45, 2.75) is 19.4 Å². The lowest BCUT2D eigenvalue weighted by molar-refractivity contribution is 0.0984. The number of aryl methyl sites for hydroxylation is 1. The van der Waals surface area contributed by atoms with Gasteiger partial charge in [0, 0.05) is 31.2 Å². The van der Waals surface area contributed by atoms with Crippen molar-refractivity contribution in [3.63, 3.8) is 0 Å². The molecule has 154 valence electrons. The molecule has 0 radical (unpaired) electrons. The Balaban J connectivity index is 1.68. The van der Waals surface area contributed by atoms with Crippen molar-refractivity contribution >= 4 is 11.6 Å². The third kappa shape index (κ3) is 3.26. The van der Waals surface area contributed by atoms with Gasteiger partial charge in [-0.25, -0.2) is 0 Å². The van der Waals surface area contributed by atoms with Crippen LogP contribution in [0.15, 0.2) is 84.4 Å². The van der Waals surface area contributed by atoms with E-state index in [1.54, 1.807) is 23.4 Å². The summed E-state index contributed by atoms with van der Waals surface area (Å²) >= 11 is 0. The highest BCUT2D eigenvalue weighted by atomic mass is 16.2. The molecule has 0 N–H and O–H groups in total. The summed E-state index contributed by atoms with van der Waals surface area (Å²) < 4.78 is 3.18. The van der Waals surface area contributed by atoms with E-state index in [4.69, 9.17) is 0 Å². The number of para-hydroxylation sites is 2. The van der Waals surface area contributed by atoms with E-state index in [0.29, 0.717) is 35.6 Å². The number of hydrogen-bond donors (Lipinski definition) is 0. The Morgan fingerprint density at radius 3 is 2.65 bits per heavy atom. The SMILES string of the molecule is C=CCn1cc(C(=O)N2CCCc3ccccc32)c2nn(-c3ccccc3)c(=O)c-2c1. The fraction of sp³-hybridized carbons (Fsp3) is 0.160. The second-order valence-electron chi connectivity index (χ2n) is 7.66. The Morgan fingerprint density at radius 2 is 1.84 bits per heavy atom. The number of fused-ring (bicyclic) bond motifs is 2. The minimum atomic E-state index is -0.243. The Hall–Kier alpha value is -3.93. The van der Waals surface area contributed by atoms with Gasteiger partial charge in [0.1, 0.15) is 5.69 Å². The largest absolute Gasteiger partial charge is 0.349 e. The van der Waals surface area contributed by atoms with E-state index in [9.17, 15) is 9.59 Å². The molecule has 3 aliphatic rings. The molecule has 0 saturated heterocycles. The topological polar surface area (TPSA) is 60.1 Å². The summed E-state index contributed by atoms with van der Waals surface area (Å²) in [7, 11) is 0. The second kappa shape index (κ2) is 7.72. The van der Waals surface area contributed by atoms with Gasteiger partial charge in [-0.2, -0.15) is 9.78 Å². The zero-order chi connectivity index (χ0) is 21.4. The van der Waals surface area contributed by atoms with Crippen molar-refractivity contribution in [3.05, 3.63) is 101 Å². The van der Waals surface area contributed by atoms with Crippen LogP contribution >= 0.6 is 0 Å². The van der Waals surface area contributed by atoms with E-state index >= 15 is 0 Å². The molecule has 2 aromatic rings. The molecule has 0 fully saturated rings. The number of carbonyl (C=O) groups excluding carboxylic acids is 1. The molecule has 0 atom stereocenters. The molecular weight excluding hydrogens is 388 g/mol. The van der Waals surface area contributed by atoms with Gasteiger partial charge in [0.15, 0.2) is 0 Å².